The van der Waals surface area contributed by atoms with Crippen LogP contribution in [0.15, 0.2) is 42.7 Å². The van der Waals surface area contributed by atoms with Crippen molar-refractivity contribution in [3.05, 3.63) is 48.3 Å². The summed E-state index contributed by atoms with van der Waals surface area (Å²) in [6, 6.07) is 9.49. The van der Waals surface area contributed by atoms with Crippen LogP contribution in [0.2, 0.25) is 0 Å². The van der Waals surface area contributed by atoms with Gasteiger partial charge in [0.25, 0.3) is 0 Å². The predicted molar refractivity (Wildman–Crippen MR) is 83.8 cm³/mol. The first-order valence-corrected chi connectivity index (χ1v) is 7.51. The smallest absolute Gasteiger partial charge is 0.307 e. The van der Waals surface area contributed by atoms with Gasteiger partial charge >= 0.3 is 5.97 Å². The topological polar surface area (TPSA) is 84.2 Å². The number of benzene rings is 1. The summed E-state index contributed by atoms with van der Waals surface area (Å²) in [5, 5.41) is 16.2. The number of carbonyl (C=O) groups is 2. The molecule has 1 heterocycles. The van der Waals surface area contributed by atoms with Crippen molar-refractivity contribution in [1.82, 2.24) is 15.1 Å². The molecule has 1 amide bonds. The van der Waals surface area contributed by atoms with Crippen LogP contribution in [0.3, 0.4) is 0 Å². The molecule has 1 fully saturated rings. The zero-order valence-electron chi connectivity index (χ0n) is 13.1. The first-order chi connectivity index (χ1) is 10.9. The van der Waals surface area contributed by atoms with Crippen LogP contribution in [0.1, 0.15) is 19.4 Å². The molecule has 1 aromatic heterocycles. The van der Waals surface area contributed by atoms with Crippen LogP contribution in [-0.4, -0.2) is 26.8 Å². The van der Waals surface area contributed by atoms with Gasteiger partial charge in [-0.2, -0.15) is 5.10 Å². The lowest BCUT2D eigenvalue weighted by Crippen LogP contribution is -2.27. The molecule has 3 rings (SSSR count). The highest BCUT2D eigenvalue weighted by atomic mass is 16.4. The molecule has 0 aliphatic heterocycles. The molecule has 6 nitrogen and oxygen atoms in total. The van der Waals surface area contributed by atoms with Crippen LogP contribution in [0, 0.1) is 17.3 Å². The number of nitrogens with one attached hydrogen (secondary N) is 1. The average Bonchev–Trinajstić information content (AvgIpc) is 2.89. The zero-order chi connectivity index (χ0) is 16.6. The minimum absolute atomic E-state index is 0.210. The van der Waals surface area contributed by atoms with E-state index in [0.29, 0.717) is 6.54 Å². The van der Waals surface area contributed by atoms with Gasteiger partial charge in [-0.15, -0.1) is 0 Å². The van der Waals surface area contributed by atoms with Crippen LogP contribution in [0.25, 0.3) is 5.69 Å². The Morgan fingerprint density at radius 2 is 2.00 bits per heavy atom. The molecule has 0 saturated heterocycles. The van der Waals surface area contributed by atoms with E-state index in [4.69, 9.17) is 0 Å². The number of nitrogens with zero attached hydrogens (tertiary/aromatic N) is 2. The molecule has 2 N–H and O–H groups in total. The SMILES string of the molecule is CC1(C)[C@H](C(=O)O)[C@@H]1C(=O)NCc1ccccc1-n1cccn1. The summed E-state index contributed by atoms with van der Waals surface area (Å²) in [6.07, 6.45) is 3.53. The quantitative estimate of drug-likeness (QED) is 0.882. The molecular formula is C17H19N3O3. The average molecular weight is 313 g/mol. The van der Waals surface area contributed by atoms with Crippen molar-refractivity contribution in [3.8, 4) is 5.69 Å². The maximum Gasteiger partial charge on any atom is 0.307 e. The van der Waals surface area contributed by atoms with Crippen molar-refractivity contribution in [2.75, 3.05) is 0 Å². The van der Waals surface area contributed by atoms with E-state index in [-0.39, 0.29) is 5.91 Å². The molecule has 1 saturated carbocycles. The van der Waals surface area contributed by atoms with E-state index in [1.54, 1.807) is 10.9 Å². The van der Waals surface area contributed by atoms with Gasteiger partial charge in [-0.05, 0) is 23.1 Å². The Labute approximate surface area is 134 Å². The normalized spacial score (nSPS) is 21.7. The van der Waals surface area contributed by atoms with Crippen LogP contribution < -0.4 is 5.32 Å². The third-order valence-electron chi connectivity index (χ3n) is 4.57. The lowest BCUT2D eigenvalue weighted by molar-refractivity contribution is -0.140. The van der Waals surface area contributed by atoms with Crippen LogP contribution in [0.5, 0.6) is 0 Å². The third-order valence-corrected chi connectivity index (χ3v) is 4.57. The van der Waals surface area contributed by atoms with Crippen LogP contribution in [-0.2, 0) is 16.1 Å². The van der Waals surface area contributed by atoms with Gasteiger partial charge < -0.3 is 10.4 Å². The number of rotatable bonds is 5. The Bertz CT molecular complexity index is 737. The zero-order valence-corrected chi connectivity index (χ0v) is 13.1. The summed E-state index contributed by atoms with van der Waals surface area (Å²) in [5.41, 5.74) is 1.33. The van der Waals surface area contributed by atoms with Gasteiger partial charge in [0.1, 0.15) is 0 Å². The number of aromatic nitrogens is 2. The van der Waals surface area contributed by atoms with Crippen molar-refractivity contribution in [2.24, 2.45) is 17.3 Å². The van der Waals surface area contributed by atoms with Gasteiger partial charge in [-0.25, -0.2) is 4.68 Å². The monoisotopic (exact) mass is 313 g/mol. The number of carboxylic acids is 1. The summed E-state index contributed by atoms with van der Waals surface area (Å²) < 4.78 is 1.74. The second kappa shape index (κ2) is 5.53. The molecule has 1 aliphatic carbocycles. The van der Waals surface area contributed by atoms with Crippen molar-refractivity contribution >= 4 is 11.9 Å². The Morgan fingerprint density at radius 1 is 1.26 bits per heavy atom. The van der Waals surface area contributed by atoms with Crippen molar-refractivity contribution < 1.29 is 14.7 Å². The van der Waals surface area contributed by atoms with E-state index in [9.17, 15) is 14.7 Å². The lowest BCUT2D eigenvalue weighted by Gasteiger charge is -2.11. The summed E-state index contributed by atoms with van der Waals surface area (Å²) >= 11 is 0. The Morgan fingerprint density at radius 3 is 2.61 bits per heavy atom. The number of carboxylic acid groups (broad SMARTS) is 1. The minimum Gasteiger partial charge on any atom is -0.481 e. The van der Waals surface area contributed by atoms with E-state index >= 15 is 0 Å². The summed E-state index contributed by atoms with van der Waals surface area (Å²) in [5.74, 6) is -2.20. The lowest BCUT2D eigenvalue weighted by atomic mass is 10.1. The van der Waals surface area contributed by atoms with Gasteiger partial charge in [0.05, 0.1) is 17.5 Å². The van der Waals surface area contributed by atoms with Gasteiger partial charge in [0, 0.05) is 18.9 Å². The second-order valence-electron chi connectivity index (χ2n) is 6.41. The van der Waals surface area contributed by atoms with Gasteiger partial charge in [0.2, 0.25) is 5.91 Å². The molecular weight excluding hydrogens is 294 g/mol. The van der Waals surface area contributed by atoms with Crippen LogP contribution >= 0.6 is 0 Å². The van der Waals surface area contributed by atoms with Gasteiger partial charge in [-0.3, -0.25) is 9.59 Å². The fraction of sp³-hybridized carbons (Fsp3) is 0.353. The van der Waals surface area contributed by atoms with Crippen molar-refractivity contribution in [2.45, 2.75) is 20.4 Å². The van der Waals surface area contributed by atoms with E-state index < -0.39 is 23.2 Å². The predicted octanol–water partition coefficient (Wildman–Crippen LogP) is 1.85. The molecule has 2 atom stereocenters. The standard InChI is InChI=1S/C17H19N3O3/c1-17(2)13(14(17)16(22)23)15(21)18-10-11-6-3-4-7-12(11)20-9-5-8-19-20/h3-9,13-14H,10H2,1-2H3,(H,18,21)(H,22,23)/t13-,14+/m1/s1. The molecule has 2 aromatic rings. The molecule has 0 unspecified atom stereocenters. The number of amides is 1. The van der Waals surface area contributed by atoms with E-state index in [1.165, 1.54) is 0 Å². The van der Waals surface area contributed by atoms with Crippen LogP contribution in [0.4, 0.5) is 0 Å². The molecule has 120 valence electrons. The Hall–Kier alpha value is -2.63. The summed E-state index contributed by atoms with van der Waals surface area (Å²) in [7, 11) is 0. The number of hydrogen-bond acceptors (Lipinski definition) is 3. The Balaban J connectivity index is 1.71. The Kier molecular flexibility index (Phi) is 3.67. The number of aliphatic carboxylic acids is 1. The molecule has 1 aliphatic rings. The third kappa shape index (κ3) is 2.72. The highest BCUT2D eigenvalue weighted by molar-refractivity contribution is 5.91. The van der Waals surface area contributed by atoms with E-state index in [0.717, 1.165) is 11.3 Å². The van der Waals surface area contributed by atoms with Gasteiger partial charge in [0.15, 0.2) is 0 Å². The van der Waals surface area contributed by atoms with Gasteiger partial charge in [-0.1, -0.05) is 32.0 Å². The maximum absolute atomic E-state index is 12.3. The van der Waals surface area contributed by atoms with Crippen molar-refractivity contribution in [3.63, 3.8) is 0 Å². The first-order valence-electron chi connectivity index (χ1n) is 7.51. The number of carbonyl (C=O) groups excluding carboxylic acids is 1. The number of para-hydroxylation sites is 1. The summed E-state index contributed by atoms with van der Waals surface area (Å²) in [6.45, 7) is 3.97. The highest BCUT2D eigenvalue weighted by Crippen LogP contribution is 2.58. The minimum atomic E-state index is -0.910. The summed E-state index contributed by atoms with van der Waals surface area (Å²) in [4.78, 5) is 23.5. The fourth-order valence-corrected chi connectivity index (χ4v) is 3.18. The molecule has 0 radical (unpaired) electrons. The largest absolute Gasteiger partial charge is 0.481 e. The molecule has 0 bridgehead atoms. The molecule has 23 heavy (non-hydrogen) atoms. The number of hydrogen-bond donors (Lipinski definition) is 2. The fourth-order valence-electron chi connectivity index (χ4n) is 3.18. The second-order valence-corrected chi connectivity index (χ2v) is 6.41. The highest BCUT2D eigenvalue weighted by Gasteiger charge is 2.65. The van der Waals surface area contributed by atoms with E-state index in [2.05, 4.69) is 10.4 Å². The van der Waals surface area contributed by atoms with E-state index in [1.807, 2.05) is 50.4 Å². The maximum atomic E-state index is 12.3. The van der Waals surface area contributed by atoms with Crippen molar-refractivity contribution in [1.29, 1.82) is 0 Å². The molecule has 0 spiro atoms. The molecule has 6 heteroatoms. The first kappa shape index (κ1) is 15.3. The molecule has 1 aromatic carbocycles.